The van der Waals surface area contributed by atoms with Gasteiger partial charge in [0.25, 0.3) is 5.69 Å². The molecule has 1 atom stereocenters. The van der Waals surface area contributed by atoms with Crippen molar-refractivity contribution in [2.45, 2.75) is 13.0 Å². The number of anilines is 1. The van der Waals surface area contributed by atoms with E-state index in [1.54, 1.807) is 13.0 Å². The van der Waals surface area contributed by atoms with Gasteiger partial charge in [-0.1, -0.05) is 6.07 Å². The summed E-state index contributed by atoms with van der Waals surface area (Å²) in [6.45, 7) is 1.78. The molecular formula is C13H16N2O5. The number of esters is 1. The molecule has 2 N–H and O–H groups in total. The zero-order chi connectivity index (χ0) is 15.1. The Morgan fingerprint density at radius 2 is 2.30 bits per heavy atom. The summed E-state index contributed by atoms with van der Waals surface area (Å²) in [6.07, 6.45) is 1.99. The van der Waals surface area contributed by atoms with E-state index in [1.165, 1.54) is 31.4 Å². The lowest BCUT2D eigenvalue weighted by Gasteiger charge is -2.09. The van der Waals surface area contributed by atoms with E-state index < -0.39 is 17.0 Å². The Morgan fingerprint density at radius 1 is 1.60 bits per heavy atom. The molecule has 0 saturated heterocycles. The van der Waals surface area contributed by atoms with Gasteiger partial charge < -0.3 is 15.2 Å². The van der Waals surface area contributed by atoms with Crippen LogP contribution in [0.5, 0.6) is 0 Å². The summed E-state index contributed by atoms with van der Waals surface area (Å²) in [5.41, 5.74) is 0.688. The quantitative estimate of drug-likeness (QED) is 0.355. The highest BCUT2D eigenvalue weighted by atomic mass is 16.6. The van der Waals surface area contributed by atoms with Crippen LogP contribution in [0.15, 0.2) is 24.3 Å². The van der Waals surface area contributed by atoms with Crippen molar-refractivity contribution in [1.29, 1.82) is 0 Å². The monoisotopic (exact) mass is 280 g/mol. The molecule has 0 bridgehead atoms. The Morgan fingerprint density at radius 3 is 2.85 bits per heavy atom. The van der Waals surface area contributed by atoms with Gasteiger partial charge in [0.2, 0.25) is 0 Å². The number of aliphatic hydroxyl groups excluding tert-OH is 1. The van der Waals surface area contributed by atoms with E-state index in [0.29, 0.717) is 11.3 Å². The summed E-state index contributed by atoms with van der Waals surface area (Å²) in [5.74, 6) is -0.538. The smallest absolute Gasteiger partial charge is 0.330 e. The highest BCUT2D eigenvalue weighted by Crippen LogP contribution is 2.26. The molecule has 0 aliphatic carbocycles. The van der Waals surface area contributed by atoms with E-state index in [0.717, 1.165) is 0 Å². The van der Waals surface area contributed by atoms with Crippen molar-refractivity contribution >= 4 is 23.4 Å². The molecule has 7 heteroatoms. The van der Waals surface area contributed by atoms with Gasteiger partial charge in [0.15, 0.2) is 0 Å². The zero-order valence-electron chi connectivity index (χ0n) is 11.2. The maximum atomic E-state index is 11.0. The third-order valence-electron chi connectivity index (χ3n) is 2.42. The fraction of sp³-hybridized carbons (Fsp3) is 0.308. The molecule has 1 aromatic carbocycles. The number of methoxy groups -OCH3 is 1. The molecule has 0 heterocycles. The van der Waals surface area contributed by atoms with E-state index in [2.05, 4.69) is 10.1 Å². The van der Waals surface area contributed by atoms with Crippen molar-refractivity contribution in [1.82, 2.24) is 0 Å². The average molecular weight is 280 g/mol. The van der Waals surface area contributed by atoms with Gasteiger partial charge in [-0.2, -0.15) is 0 Å². The highest BCUT2D eigenvalue weighted by molar-refractivity contribution is 5.87. The SMILES string of the molecule is COC(=O)/C=C/c1ccc(NCC(C)O)c([N+](=O)[O-])c1. The van der Waals surface area contributed by atoms with Gasteiger partial charge in [0.1, 0.15) is 5.69 Å². The van der Waals surface area contributed by atoms with Gasteiger partial charge in [0, 0.05) is 18.7 Å². The maximum absolute atomic E-state index is 11.0. The number of nitro groups is 1. The summed E-state index contributed by atoms with van der Waals surface area (Å²) in [5, 5.41) is 23.0. The Labute approximate surface area is 116 Å². The molecule has 0 radical (unpaired) electrons. The van der Waals surface area contributed by atoms with Crippen LogP contribution >= 0.6 is 0 Å². The number of carbonyl (C=O) groups excluding carboxylic acids is 1. The number of hydrogen-bond acceptors (Lipinski definition) is 6. The van der Waals surface area contributed by atoms with Crippen LogP contribution in [0, 0.1) is 10.1 Å². The molecule has 20 heavy (non-hydrogen) atoms. The van der Waals surface area contributed by atoms with Crippen molar-refractivity contribution in [3.63, 3.8) is 0 Å². The minimum atomic E-state index is -0.617. The van der Waals surface area contributed by atoms with Crippen LogP contribution < -0.4 is 5.32 Å². The molecule has 1 rings (SSSR count). The van der Waals surface area contributed by atoms with Crippen LogP contribution in [0.2, 0.25) is 0 Å². The Hall–Kier alpha value is -2.41. The molecule has 1 aromatic rings. The van der Waals surface area contributed by atoms with Gasteiger partial charge in [-0.05, 0) is 24.6 Å². The second-order valence-corrected chi connectivity index (χ2v) is 4.12. The predicted molar refractivity (Wildman–Crippen MR) is 74.3 cm³/mol. The van der Waals surface area contributed by atoms with Crippen LogP contribution in [0.25, 0.3) is 6.08 Å². The lowest BCUT2D eigenvalue weighted by atomic mass is 10.1. The second-order valence-electron chi connectivity index (χ2n) is 4.12. The van der Waals surface area contributed by atoms with Crippen LogP contribution in [0.3, 0.4) is 0 Å². The van der Waals surface area contributed by atoms with E-state index >= 15 is 0 Å². The first kappa shape index (κ1) is 15.6. The number of ether oxygens (including phenoxy) is 1. The Kier molecular flexibility index (Phi) is 5.67. The summed E-state index contributed by atoms with van der Waals surface area (Å²) in [7, 11) is 1.25. The van der Waals surface area contributed by atoms with Crippen molar-refractivity contribution in [3.05, 3.63) is 40.0 Å². The molecule has 1 unspecified atom stereocenters. The number of carbonyl (C=O) groups is 1. The van der Waals surface area contributed by atoms with Crippen LogP contribution in [0.4, 0.5) is 11.4 Å². The number of nitrogens with one attached hydrogen (secondary N) is 1. The summed E-state index contributed by atoms with van der Waals surface area (Å²) in [4.78, 5) is 21.4. The lowest BCUT2D eigenvalue weighted by Crippen LogP contribution is -2.16. The molecule has 108 valence electrons. The van der Waals surface area contributed by atoms with Gasteiger partial charge in [0.05, 0.1) is 18.1 Å². The largest absolute Gasteiger partial charge is 0.466 e. The fourth-order valence-corrected chi connectivity index (χ4v) is 1.44. The number of nitro benzene ring substituents is 1. The average Bonchev–Trinajstić information content (AvgIpc) is 2.42. The minimum absolute atomic E-state index is 0.127. The van der Waals surface area contributed by atoms with Crippen LogP contribution in [0.1, 0.15) is 12.5 Å². The van der Waals surface area contributed by atoms with Crippen molar-refractivity contribution < 1.29 is 19.6 Å². The molecule has 7 nitrogen and oxygen atoms in total. The molecule has 0 spiro atoms. The number of nitrogens with zero attached hydrogens (tertiary/aromatic N) is 1. The van der Waals surface area contributed by atoms with E-state index in [4.69, 9.17) is 0 Å². The number of benzene rings is 1. The molecule has 0 fully saturated rings. The maximum Gasteiger partial charge on any atom is 0.330 e. The first-order chi connectivity index (χ1) is 9.43. The molecule has 0 saturated carbocycles. The summed E-state index contributed by atoms with van der Waals surface area (Å²) in [6, 6.07) is 4.48. The van der Waals surface area contributed by atoms with Crippen LogP contribution in [-0.2, 0) is 9.53 Å². The normalized spacial score (nSPS) is 12.2. The zero-order valence-corrected chi connectivity index (χ0v) is 11.2. The van der Waals surface area contributed by atoms with Gasteiger partial charge in [-0.25, -0.2) is 4.79 Å². The van der Waals surface area contributed by atoms with Crippen molar-refractivity contribution in [2.75, 3.05) is 19.0 Å². The van der Waals surface area contributed by atoms with Crippen molar-refractivity contribution in [3.8, 4) is 0 Å². The first-order valence-corrected chi connectivity index (χ1v) is 5.90. The fourth-order valence-electron chi connectivity index (χ4n) is 1.44. The summed E-state index contributed by atoms with van der Waals surface area (Å²) < 4.78 is 4.44. The van der Waals surface area contributed by atoms with Gasteiger partial charge in [-0.3, -0.25) is 10.1 Å². The Balaban J connectivity index is 2.98. The van der Waals surface area contributed by atoms with Gasteiger partial charge >= 0.3 is 5.97 Å². The topological polar surface area (TPSA) is 102 Å². The lowest BCUT2D eigenvalue weighted by molar-refractivity contribution is -0.384. The van der Waals surface area contributed by atoms with E-state index in [1.807, 2.05) is 0 Å². The Bertz CT molecular complexity index is 525. The predicted octanol–water partition coefficient (Wildman–Crippen LogP) is 1.57. The third-order valence-corrected chi connectivity index (χ3v) is 2.42. The van der Waals surface area contributed by atoms with Crippen LogP contribution in [-0.4, -0.2) is 35.8 Å². The molecule has 0 aliphatic rings. The third kappa shape index (κ3) is 4.69. The van der Waals surface area contributed by atoms with Gasteiger partial charge in [-0.15, -0.1) is 0 Å². The number of aliphatic hydroxyl groups is 1. The second kappa shape index (κ2) is 7.25. The highest BCUT2D eigenvalue weighted by Gasteiger charge is 2.14. The molecule has 0 aliphatic heterocycles. The van der Waals surface area contributed by atoms with E-state index in [-0.39, 0.29) is 12.2 Å². The minimum Gasteiger partial charge on any atom is -0.466 e. The first-order valence-electron chi connectivity index (χ1n) is 5.90. The molecule has 0 aromatic heterocycles. The standard InChI is InChI=1S/C13H16N2O5/c1-9(16)8-14-11-5-3-10(4-6-13(17)20-2)7-12(11)15(18)19/h3-7,9,14,16H,8H2,1-2H3/b6-4+. The van der Waals surface area contributed by atoms with Crippen molar-refractivity contribution in [2.24, 2.45) is 0 Å². The number of rotatable bonds is 6. The van der Waals surface area contributed by atoms with E-state index in [9.17, 15) is 20.0 Å². The molecule has 0 amide bonds. The summed E-state index contributed by atoms with van der Waals surface area (Å²) >= 11 is 0. The molecular weight excluding hydrogens is 264 g/mol. The number of hydrogen-bond donors (Lipinski definition) is 2.